The third-order valence-corrected chi connectivity index (χ3v) is 9.63. The number of aromatic nitrogens is 2. The molecule has 4 heterocycles. The fourth-order valence-corrected chi connectivity index (χ4v) is 7.00. The van der Waals surface area contributed by atoms with Gasteiger partial charge in [-0.25, -0.2) is 4.98 Å². The molecule has 10 nitrogen and oxygen atoms in total. The predicted molar refractivity (Wildman–Crippen MR) is 168 cm³/mol. The Morgan fingerprint density at radius 1 is 1.16 bits per heavy atom. The third-order valence-electron chi connectivity index (χ3n) is 8.65. The van der Waals surface area contributed by atoms with E-state index < -0.39 is 18.1 Å². The first-order valence-electron chi connectivity index (χ1n) is 15.6. The number of thiazole rings is 1. The Morgan fingerprint density at radius 3 is 2.59 bits per heavy atom. The van der Waals surface area contributed by atoms with Crippen LogP contribution in [0.2, 0.25) is 0 Å². The maximum atomic E-state index is 13.9. The molecule has 3 aromatic rings. The van der Waals surface area contributed by atoms with Crippen LogP contribution in [-0.2, 0) is 14.3 Å². The predicted octanol–water partition coefficient (Wildman–Crippen LogP) is 4.72. The van der Waals surface area contributed by atoms with Gasteiger partial charge in [-0.15, -0.1) is 11.3 Å². The molecule has 0 spiro atoms. The molecule has 2 aliphatic heterocycles. The SMILES string of the molecule is Cc1ncsc1-c1ccc([C@H](C)CC(=O)[C@@H]2C[C@@H](O)CN2C(=O)[C@@H](c2cc(OCCOC3CCNCC3)no2)C(C)C)cc1. The van der Waals surface area contributed by atoms with E-state index in [9.17, 15) is 14.7 Å². The number of nitrogens with one attached hydrogen (secondary N) is 1. The van der Waals surface area contributed by atoms with E-state index in [1.165, 1.54) is 4.90 Å². The second-order valence-corrected chi connectivity index (χ2v) is 13.2. The van der Waals surface area contributed by atoms with Gasteiger partial charge in [0.05, 0.1) is 40.9 Å². The fraction of sp³-hybridized carbons (Fsp3) is 0.576. The van der Waals surface area contributed by atoms with Crippen LogP contribution in [0.3, 0.4) is 0 Å². The summed E-state index contributed by atoms with van der Waals surface area (Å²) < 4.78 is 17.2. The van der Waals surface area contributed by atoms with Crippen molar-refractivity contribution in [2.24, 2.45) is 5.92 Å². The van der Waals surface area contributed by atoms with Crippen LogP contribution in [0.4, 0.5) is 0 Å². The molecule has 2 aromatic heterocycles. The number of benzene rings is 1. The summed E-state index contributed by atoms with van der Waals surface area (Å²) in [4.78, 5) is 34.5. The normalized spacial score (nSPS) is 20.6. The molecule has 0 saturated carbocycles. The number of hydrogen-bond acceptors (Lipinski definition) is 10. The molecule has 2 aliphatic rings. The molecule has 2 saturated heterocycles. The van der Waals surface area contributed by atoms with Crippen LogP contribution in [0, 0.1) is 12.8 Å². The van der Waals surface area contributed by atoms with E-state index in [0.29, 0.717) is 24.9 Å². The van der Waals surface area contributed by atoms with Gasteiger partial charge in [-0.2, -0.15) is 0 Å². The smallest absolute Gasteiger partial charge is 0.254 e. The summed E-state index contributed by atoms with van der Waals surface area (Å²) >= 11 is 1.61. The van der Waals surface area contributed by atoms with Gasteiger partial charge in [-0.05, 0) is 61.0 Å². The van der Waals surface area contributed by atoms with E-state index >= 15 is 0 Å². The second kappa shape index (κ2) is 14.8. The molecule has 1 aromatic carbocycles. The van der Waals surface area contributed by atoms with Crippen molar-refractivity contribution in [1.29, 1.82) is 0 Å². The minimum atomic E-state index is -0.758. The lowest BCUT2D eigenvalue weighted by Gasteiger charge is -2.29. The summed E-state index contributed by atoms with van der Waals surface area (Å²) in [6.45, 7) is 10.7. The van der Waals surface area contributed by atoms with E-state index in [1.807, 2.05) is 33.2 Å². The van der Waals surface area contributed by atoms with Crippen molar-refractivity contribution in [1.82, 2.24) is 20.4 Å². The van der Waals surface area contributed by atoms with Gasteiger partial charge in [0.25, 0.3) is 5.88 Å². The molecule has 2 fully saturated rings. The summed E-state index contributed by atoms with van der Waals surface area (Å²) in [6, 6.07) is 9.20. The molecule has 238 valence electrons. The molecule has 0 radical (unpaired) electrons. The lowest BCUT2D eigenvalue weighted by Crippen LogP contribution is -2.44. The van der Waals surface area contributed by atoms with Gasteiger partial charge in [-0.1, -0.05) is 45.0 Å². The monoisotopic (exact) mass is 624 g/mol. The lowest BCUT2D eigenvalue weighted by atomic mass is 9.89. The zero-order chi connectivity index (χ0) is 31.2. The summed E-state index contributed by atoms with van der Waals surface area (Å²) in [5.74, 6) is -0.441. The van der Waals surface area contributed by atoms with Crippen LogP contribution in [0.15, 0.2) is 40.4 Å². The molecule has 2 N–H and O–H groups in total. The van der Waals surface area contributed by atoms with E-state index in [-0.39, 0.29) is 49.0 Å². The first kappa shape index (κ1) is 32.3. The largest absolute Gasteiger partial charge is 0.473 e. The zero-order valence-corrected chi connectivity index (χ0v) is 26.8. The Balaban J connectivity index is 1.19. The van der Waals surface area contributed by atoms with E-state index in [1.54, 1.807) is 17.4 Å². The minimum absolute atomic E-state index is 0.0394. The van der Waals surface area contributed by atoms with Gasteiger partial charge in [0.2, 0.25) is 5.91 Å². The number of hydrogen-bond donors (Lipinski definition) is 2. The van der Waals surface area contributed by atoms with Crippen molar-refractivity contribution >= 4 is 23.0 Å². The van der Waals surface area contributed by atoms with Crippen molar-refractivity contribution < 1.29 is 28.7 Å². The van der Waals surface area contributed by atoms with Gasteiger partial charge < -0.3 is 29.3 Å². The average molecular weight is 625 g/mol. The average Bonchev–Trinajstić information content (AvgIpc) is 3.76. The summed E-state index contributed by atoms with van der Waals surface area (Å²) in [6.07, 6.45) is 1.96. The standard InChI is InChI=1S/C33H44N4O6S/c1-20(2)31(29-17-30(36-43-29)42-14-13-41-26-9-11-34-12-10-26)33(40)37-18-25(38)16-27(37)28(39)15-21(3)23-5-7-24(8-6-23)32-22(4)35-19-44-32/h5-8,17,19-21,25-27,31,34,38H,9-16,18H2,1-4H3/t21-,25-,27+,31-/m1/s1. The highest BCUT2D eigenvalue weighted by molar-refractivity contribution is 7.13. The number of likely N-dealkylation sites (tertiary alicyclic amines) is 1. The molecule has 4 atom stereocenters. The maximum absolute atomic E-state index is 13.9. The minimum Gasteiger partial charge on any atom is -0.473 e. The highest BCUT2D eigenvalue weighted by Gasteiger charge is 2.43. The first-order chi connectivity index (χ1) is 21.2. The Kier molecular flexibility index (Phi) is 10.8. The maximum Gasteiger partial charge on any atom is 0.254 e. The third kappa shape index (κ3) is 7.74. The summed E-state index contributed by atoms with van der Waals surface area (Å²) in [5, 5.41) is 17.9. The van der Waals surface area contributed by atoms with Crippen molar-refractivity contribution in [3.63, 3.8) is 0 Å². The van der Waals surface area contributed by atoms with Crippen LogP contribution in [-0.4, -0.2) is 82.9 Å². The molecular formula is C33H44N4O6S. The number of ether oxygens (including phenoxy) is 2. The zero-order valence-electron chi connectivity index (χ0n) is 26.0. The summed E-state index contributed by atoms with van der Waals surface area (Å²) in [5.41, 5.74) is 5.00. The number of aliphatic hydroxyl groups excluding tert-OH is 1. The number of β-amino-alcohol motifs (C(OH)–C–C–N with tert-alkyl or cyclic N) is 1. The Hall–Kier alpha value is -3.12. The lowest BCUT2D eigenvalue weighted by molar-refractivity contribution is -0.140. The number of aliphatic hydroxyl groups is 1. The number of amides is 1. The van der Waals surface area contributed by atoms with Gasteiger partial charge in [-0.3, -0.25) is 9.59 Å². The van der Waals surface area contributed by atoms with Crippen LogP contribution in [0.25, 0.3) is 10.4 Å². The molecule has 5 rings (SSSR count). The topological polar surface area (TPSA) is 127 Å². The van der Waals surface area contributed by atoms with E-state index in [0.717, 1.165) is 47.6 Å². The number of nitrogens with zero attached hydrogens (tertiary/aromatic N) is 3. The highest BCUT2D eigenvalue weighted by Crippen LogP contribution is 2.34. The van der Waals surface area contributed by atoms with Gasteiger partial charge in [0.1, 0.15) is 12.5 Å². The summed E-state index contributed by atoms with van der Waals surface area (Å²) in [7, 11) is 0. The first-order valence-corrected chi connectivity index (χ1v) is 16.5. The van der Waals surface area contributed by atoms with Crippen molar-refractivity contribution in [3.05, 3.63) is 52.9 Å². The number of ketones is 1. The number of carbonyl (C=O) groups is 2. The van der Waals surface area contributed by atoms with Crippen molar-refractivity contribution in [2.75, 3.05) is 32.8 Å². The number of Topliss-reactive ketones (excluding diaryl/α,β-unsaturated/α-hetero) is 1. The molecule has 1 amide bonds. The van der Waals surface area contributed by atoms with Crippen LogP contribution >= 0.6 is 11.3 Å². The van der Waals surface area contributed by atoms with E-state index in [2.05, 4.69) is 39.7 Å². The van der Waals surface area contributed by atoms with Gasteiger partial charge in [0, 0.05) is 25.5 Å². The number of aryl methyl sites for hydroxylation is 1. The highest BCUT2D eigenvalue weighted by atomic mass is 32.1. The Labute approximate surface area is 263 Å². The van der Waals surface area contributed by atoms with Crippen LogP contribution in [0.5, 0.6) is 5.88 Å². The van der Waals surface area contributed by atoms with Gasteiger partial charge >= 0.3 is 0 Å². The number of carbonyl (C=O) groups excluding carboxylic acids is 2. The number of rotatable bonds is 13. The van der Waals surface area contributed by atoms with Crippen LogP contribution in [0.1, 0.15) is 75.3 Å². The molecule has 44 heavy (non-hydrogen) atoms. The van der Waals surface area contributed by atoms with Gasteiger partial charge in [0.15, 0.2) is 11.5 Å². The fourth-order valence-electron chi connectivity index (χ4n) is 6.18. The van der Waals surface area contributed by atoms with Crippen molar-refractivity contribution in [2.45, 2.75) is 83.5 Å². The number of piperidine rings is 1. The molecule has 0 unspecified atom stereocenters. The van der Waals surface area contributed by atoms with E-state index in [4.69, 9.17) is 14.0 Å². The molecule has 11 heteroatoms. The van der Waals surface area contributed by atoms with Crippen molar-refractivity contribution in [3.8, 4) is 16.3 Å². The molecule has 0 aliphatic carbocycles. The molecular weight excluding hydrogens is 580 g/mol. The Morgan fingerprint density at radius 2 is 1.91 bits per heavy atom. The molecule has 0 bridgehead atoms. The Bertz CT molecular complexity index is 1380. The second-order valence-electron chi connectivity index (χ2n) is 12.3. The quantitative estimate of drug-likeness (QED) is 0.260. The van der Waals surface area contributed by atoms with Crippen LogP contribution < -0.4 is 10.1 Å².